The zero-order valence-corrected chi connectivity index (χ0v) is 21.3. The first-order chi connectivity index (χ1) is 18.1. The van der Waals surface area contributed by atoms with Crippen LogP contribution in [0.5, 0.6) is 5.88 Å². The molecule has 1 amide bonds. The highest BCUT2D eigenvalue weighted by Crippen LogP contribution is 2.29. The van der Waals surface area contributed by atoms with E-state index < -0.39 is 6.09 Å². The number of methoxy groups -OCH3 is 1. The number of hydrogen-bond donors (Lipinski definition) is 0. The Morgan fingerprint density at radius 2 is 2.16 bits per heavy atom. The Hall–Kier alpha value is -3.85. The van der Waals surface area contributed by atoms with Crippen molar-refractivity contribution in [3.63, 3.8) is 0 Å². The number of allylic oxidation sites excluding steroid dienone is 4. The van der Waals surface area contributed by atoms with Gasteiger partial charge in [0.25, 0.3) is 0 Å². The molecule has 9 heteroatoms. The molecule has 3 aliphatic rings. The summed E-state index contributed by atoms with van der Waals surface area (Å²) in [6.45, 7) is 4.90. The highest BCUT2D eigenvalue weighted by Gasteiger charge is 2.37. The number of likely N-dealkylation sites (N-methyl/N-ethyl adjacent to an activating group) is 1. The molecule has 0 N–H and O–H groups in total. The maximum atomic E-state index is 12.7. The molecule has 4 heterocycles. The topological polar surface area (TPSA) is 86.3 Å². The second-order valence-electron chi connectivity index (χ2n) is 9.14. The van der Waals surface area contributed by atoms with Gasteiger partial charge in [-0.3, -0.25) is 9.88 Å². The number of aryl methyl sites for hydroxylation is 1. The SMILES string of the molecule is CCN(CCCc1ccnc2ccc(OC)nc12)C[C@@H]1CN(C2=COC=C(C3=CC=CCC3)O2)C(=O)O1. The Bertz CT molecular complexity index is 1270. The smallest absolute Gasteiger partial charge is 0.417 e. The zero-order chi connectivity index (χ0) is 25.6. The molecule has 0 saturated carbocycles. The minimum atomic E-state index is -0.419. The van der Waals surface area contributed by atoms with Gasteiger partial charge in [-0.2, -0.15) is 0 Å². The van der Waals surface area contributed by atoms with Crippen molar-refractivity contribution in [1.29, 1.82) is 0 Å². The summed E-state index contributed by atoms with van der Waals surface area (Å²) in [5.41, 5.74) is 3.93. The highest BCUT2D eigenvalue weighted by molar-refractivity contribution is 5.78. The standard InChI is InChI=1S/C28H32N4O5/c1-3-31(15-7-10-21-13-14-29-23-11-12-25(34-2)30-27(21)23)16-22-17-32(28(33)36-22)26-19-35-18-24(37-26)20-8-5-4-6-9-20/h4-5,8,11-14,18-19,22H,3,6-7,9-10,15-17H2,1-2H3/t22-/m1/s1. The Balaban J connectivity index is 1.14. The molecule has 0 radical (unpaired) electrons. The van der Waals surface area contributed by atoms with Gasteiger partial charge < -0.3 is 18.9 Å². The maximum absolute atomic E-state index is 12.7. The van der Waals surface area contributed by atoms with Crippen molar-refractivity contribution in [2.45, 2.75) is 38.7 Å². The number of rotatable bonds is 10. The molecule has 9 nitrogen and oxygen atoms in total. The van der Waals surface area contributed by atoms with E-state index in [-0.39, 0.29) is 6.10 Å². The number of nitrogens with zero attached hydrogens (tertiary/aromatic N) is 4. The van der Waals surface area contributed by atoms with Crippen LogP contribution >= 0.6 is 0 Å². The van der Waals surface area contributed by atoms with Gasteiger partial charge in [-0.05, 0) is 62.0 Å². The van der Waals surface area contributed by atoms with Crippen LogP contribution in [0.1, 0.15) is 31.7 Å². The fraction of sp³-hybridized carbons (Fsp3) is 0.393. The van der Waals surface area contributed by atoms with Crippen LogP contribution in [0.15, 0.2) is 72.4 Å². The lowest BCUT2D eigenvalue weighted by Gasteiger charge is -2.24. The second kappa shape index (κ2) is 11.5. The van der Waals surface area contributed by atoms with Crippen molar-refractivity contribution in [3.8, 4) is 5.88 Å². The van der Waals surface area contributed by atoms with E-state index >= 15 is 0 Å². The molecule has 1 aliphatic carbocycles. The summed E-state index contributed by atoms with van der Waals surface area (Å²) < 4.78 is 22.5. The molecular formula is C28H32N4O5. The monoisotopic (exact) mass is 504 g/mol. The lowest BCUT2D eigenvalue weighted by atomic mass is 10.0. The summed E-state index contributed by atoms with van der Waals surface area (Å²) in [4.78, 5) is 25.5. The average Bonchev–Trinajstić information content (AvgIpc) is 3.32. The number of hydrogen-bond acceptors (Lipinski definition) is 8. The quantitative estimate of drug-likeness (QED) is 0.461. The molecule has 0 aromatic carbocycles. The first kappa shape index (κ1) is 24.8. The van der Waals surface area contributed by atoms with Gasteiger partial charge in [-0.25, -0.2) is 14.7 Å². The summed E-state index contributed by atoms with van der Waals surface area (Å²) in [6.07, 6.45) is 13.9. The van der Waals surface area contributed by atoms with Crippen LogP contribution in [0.3, 0.4) is 0 Å². The van der Waals surface area contributed by atoms with Gasteiger partial charge >= 0.3 is 6.09 Å². The first-order valence-electron chi connectivity index (χ1n) is 12.7. The average molecular weight is 505 g/mol. The molecule has 2 aromatic rings. The van der Waals surface area contributed by atoms with Crippen LogP contribution in [-0.4, -0.2) is 65.3 Å². The second-order valence-corrected chi connectivity index (χ2v) is 9.14. The minimum Gasteiger partial charge on any atom is -0.481 e. The number of ether oxygens (including phenoxy) is 4. The van der Waals surface area contributed by atoms with E-state index in [1.165, 1.54) is 11.2 Å². The summed E-state index contributed by atoms with van der Waals surface area (Å²) in [5.74, 6) is 1.57. The molecule has 0 spiro atoms. The fourth-order valence-corrected chi connectivity index (χ4v) is 4.72. The molecule has 37 heavy (non-hydrogen) atoms. The number of pyridine rings is 2. The maximum Gasteiger partial charge on any atom is 0.417 e. The molecule has 5 rings (SSSR count). The van der Waals surface area contributed by atoms with Crippen molar-refractivity contribution in [2.75, 3.05) is 33.3 Å². The van der Waals surface area contributed by atoms with Crippen LogP contribution in [-0.2, 0) is 20.6 Å². The molecule has 2 aliphatic heterocycles. The zero-order valence-electron chi connectivity index (χ0n) is 21.3. The van der Waals surface area contributed by atoms with Crippen molar-refractivity contribution < 1.29 is 23.7 Å². The van der Waals surface area contributed by atoms with Gasteiger partial charge in [0.05, 0.1) is 24.7 Å². The first-order valence-corrected chi connectivity index (χ1v) is 12.7. The highest BCUT2D eigenvalue weighted by atomic mass is 16.6. The molecule has 2 aromatic heterocycles. The van der Waals surface area contributed by atoms with Crippen LogP contribution in [0.4, 0.5) is 4.79 Å². The summed E-state index contributed by atoms with van der Waals surface area (Å²) in [7, 11) is 1.62. The van der Waals surface area contributed by atoms with Crippen LogP contribution in [0.25, 0.3) is 11.0 Å². The number of aromatic nitrogens is 2. The third kappa shape index (κ3) is 5.77. The van der Waals surface area contributed by atoms with Crippen LogP contribution in [0.2, 0.25) is 0 Å². The predicted molar refractivity (Wildman–Crippen MR) is 138 cm³/mol. The van der Waals surface area contributed by atoms with E-state index in [0.717, 1.165) is 60.9 Å². The Labute approximate surface area is 216 Å². The minimum absolute atomic E-state index is 0.254. The molecule has 1 saturated heterocycles. The third-order valence-corrected chi connectivity index (χ3v) is 6.71. The normalized spacial score (nSPS) is 19.2. The van der Waals surface area contributed by atoms with Gasteiger partial charge in [-0.1, -0.05) is 25.2 Å². The number of fused-ring (bicyclic) bond motifs is 1. The lowest BCUT2D eigenvalue weighted by molar-refractivity contribution is 0.104. The van der Waals surface area contributed by atoms with Crippen molar-refractivity contribution in [3.05, 3.63) is 77.9 Å². The summed E-state index contributed by atoms with van der Waals surface area (Å²) in [5, 5.41) is 0. The number of carbonyl (C=O) groups is 1. The van der Waals surface area contributed by atoms with Gasteiger partial charge in [0.2, 0.25) is 11.8 Å². The van der Waals surface area contributed by atoms with Gasteiger partial charge in [0.1, 0.15) is 12.4 Å². The molecule has 194 valence electrons. The van der Waals surface area contributed by atoms with Gasteiger partial charge in [0.15, 0.2) is 12.0 Å². The van der Waals surface area contributed by atoms with E-state index in [9.17, 15) is 4.79 Å². The molecule has 1 fully saturated rings. The Kier molecular flexibility index (Phi) is 7.70. The van der Waals surface area contributed by atoms with E-state index in [0.29, 0.717) is 30.6 Å². The van der Waals surface area contributed by atoms with Crippen LogP contribution < -0.4 is 4.74 Å². The fourth-order valence-electron chi connectivity index (χ4n) is 4.72. The molecule has 1 atom stereocenters. The van der Waals surface area contributed by atoms with E-state index in [1.54, 1.807) is 13.4 Å². The van der Waals surface area contributed by atoms with Crippen molar-refractivity contribution >= 4 is 17.1 Å². The van der Waals surface area contributed by atoms with Crippen molar-refractivity contribution in [1.82, 2.24) is 19.8 Å². The van der Waals surface area contributed by atoms with E-state index in [2.05, 4.69) is 27.9 Å². The largest absolute Gasteiger partial charge is 0.481 e. The Morgan fingerprint density at radius 3 is 2.97 bits per heavy atom. The van der Waals surface area contributed by atoms with E-state index in [1.807, 2.05) is 36.5 Å². The third-order valence-electron chi connectivity index (χ3n) is 6.71. The summed E-state index contributed by atoms with van der Waals surface area (Å²) >= 11 is 0. The number of carbonyl (C=O) groups excluding carboxylic acids is 1. The summed E-state index contributed by atoms with van der Waals surface area (Å²) in [6, 6.07) is 5.78. The molecular weight excluding hydrogens is 472 g/mol. The number of amides is 1. The van der Waals surface area contributed by atoms with Crippen LogP contribution in [0, 0.1) is 0 Å². The number of cyclic esters (lactones) is 1. The van der Waals surface area contributed by atoms with Crippen molar-refractivity contribution in [2.24, 2.45) is 0 Å². The Morgan fingerprint density at radius 1 is 1.24 bits per heavy atom. The van der Waals surface area contributed by atoms with Gasteiger partial charge in [-0.15, -0.1) is 0 Å². The van der Waals surface area contributed by atoms with E-state index in [4.69, 9.17) is 18.9 Å². The lowest BCUT2D eigenvalue weighted by Crippen LogP contribution is -2.35. The van der Waals surface area contributed by atoms with Gasteiger partial charge in [0, 0.05) is 18.8 Å². The molecule has 0 unspecified atom stereocenters. The predicted octanol–water partition coefficient (Wildman–Crippen LogP) is 4.68. The molecule has 0 bridgehead atoms.